The number of aromatic nitrogens is 1. The summed E-state index contributed by atoms with van der Waals surface area (Å²) in [6.45, 7) is 6.73. The molecule has 0 radical (unpaired) electrons. The number of alkyl carbamates (subject to hydrolysis) is 1. The van der Waals surface area contributed by atoms with Crippen LogP contribution in [0, 0.1) is 5.92 Å². The molecule has 7 nitrogen and oxygen atoms in total. The third kappa shape index (κ3) is 6.42. The fourth-order valence-electron chi connectivity index (χ4n) is 4.32. The number of hydrogen-bond acceptors (Lipinski definition) is 5. The van der Waals surface area contributed by atoms with Gasteiger partial charge in [0.1, 0.15) is 11.5 Å². The molecule has 4 rings (SSSR count). The number of amides is 2. The van der Waals surface area contributed by atoms with Gasteiger partial charge in [-0.15, -0.1) is 0 Å². The van der Waals surface area contributed by atoms with Gasteiger partial charge < -0.3 is 20.1 Å². The summed E-state index contributed by atoms with van der Waals surface area (Å²) in [5, 5.41) is 5.73. The first-order valence-corrected chi connectivity index (χ1v) is 12.2. The van der Waals surface area contributed by atoms with E-state index in [1.54, 1.807) is 18.3 Å². The van der Waals surface area contributed by atoms with E-state index >= 15 is 0 Å². The zero-order valence-electron chi connectivity index (χ0n) is 21.3. The molecule has 1 aliphatic rings. The number of nitrogens with zero attached hydrogens (tertiary/aromatic N) is 1. The predicted molar refractivity (Wildman–Crippen MR) is 139 cm³/mol. The Kier molecular flexibility index (Phi) is 7.58. The van der Waals surface area contributed by atoms with Crippen molar-refractivity contribution in [1.82, 2.24) is 10.3 Å². The van der Waals surface area contributed by atoms with Gasteiger partial charge in [-0.1, -0.05) is 39.0 Å². The zero-order chi connectivity index (χ0) is 25.7. The van der Waals surface area contributed by atoms with Crippen LogP contribution in [0.1, 0.15) is 49.6 Å². The lowest BCUT2D eigenvalue weighted by atomic mass is 9.83. The highest BCUT2D eigenvalue weighted by Crippen LogP contribution is 2.32. The number of hydrogen-bond donors (Lipinski definition) is 2. The summed E-state index contributed by atoms with van der Waals surface area (Å²) in [7, 11) is 1.32. The first-order chi connectivity index (χ1) is 17.2. The standard InChI is InChI=1S/C29H33N3O4/c1-29(2,3)22-6-5-7-23(16-22)32-27(33)20-9-8-19-10-11-25(15-21(19)14-20)36-26-12-13-30-24(17-26)18-31-28(34)35-4/h5-7,10-13,15-17,20H,8-9,14,18H2,1-4H3,(H,31,34)(H,32,33). The molecule has 3 aromatic rings. The number of benzene rings is 2. The molecular formula is C29H33N3O4. The molecule has 1 unspecified atom stereocenters. The molecule has 1 atom stereocenters. The molecule has 0 bridgehead atoms. The molecule has 2 amide bonds. The predicted octanol–water partition coefficient (Wildman–Crippen LogP) is 5.77. The van der Waals surface area contributed by atoms with E-state index in [0.717, 1.165) is 24.1 Å². The summed E-state index contributed by atoms with van der Waals surface area (Å²) in [5.74, 6) is 1.28. The smallest absolute Gasteiger partial charge is 0.407 e. The van der Waals surface area contributed by atoms with E-state index < -0.39 is 6.09 Å². The first kappa shape index (κ1) is 25.2. The van der Waals surface area contributed by atoms with Crippen molar-refractivity contribution in [1.29, 1.82) is 0 Å². The van der Waals surface area contributed by atoms with Crippen LogP contribution in [0.2, 0.25) is 0 Å². The number of aryl methyl sites for hydroxylation is 1. The highest BCUT2D eigenvalue weighted by molar-refractivity contribution is 5.93. The number of rotatable bonds is 6. The second kappa shape index (κ2) is 10.8. The maximum Gasteiger partial charge on any atom is 0.407 e. The topological polar surface area (TPSA) is 89.5 Å². The Morgan fingerprint density at radius 3 is 2.61 bits per heavy atom. The van der Waals surface area contributed by atoms with Crippen LogP contribution in [0.5, 0.6) is 11.5 Å². The van der Waals surface area contributed by atoms with Crippen molar-refractivity contribution in [2.45, 2.75) is 52.0 Å². The SMILES string of the molecule is COC(=O)NCc1cc(Oc2ccc3c(c2)CC(C(=O)Nc2cccc(C(C)(C)C)c2)CC3)ccn1. The van der Waals surface area contributed by atoms with Gasteiger partial charge in [0.2, 0.25) is 5.91 Å². The van der Waals surface area contributed by atoms with Crippen LogP contribution < -0.4 is 15.4 Å². The molecule has 1 heterocycles. The van der Waals surface area contributed by atoms with E-state index in [9.17, 15) is 9.59 Å². The molecule has 1 aromatic heterocycles. The molecule has 188 valence electrons. The van der Waals surface area contributed by atoms with Gasteiger partial charge in [-0.2, -0.15) is 0 Å². The van der Waals surface area contributed by atoms with Gasteiger partial charge in [-0.3, -0.25) is 9.78 Å². The fourth-order valence-corrected chi connectivity index (χ4v) is 4.32. The molecule has 2 aromatic carbocycles. The lowest BCUT2D eigenvalue weighted by Crippen LogP contribution is -2.28. The molecule has 0 spiro atoms. The van der Waals surface area contributed by atoms with E-state index in [2.05, 4.69) is 59.3 Å². The van der Waals surface area contributed by atoms with Crippen LogP contribution >= 0.6 is 0 Å². The summed E-state index contributed by atoms with van der Waals surface area (Å²) in [6.07, 6.45) is 3.46. The number of anilines is 1. The number of carbonyl (C=O) groups is 2. The third-order valence-electron chi connectivity index (χ3n) is 6.40. The highest BCUT2D eigenvalue weighted by atomic mass is 16.5. The number of carbonyl (C=O) groups excluding carboxylic acids is 2. The minimum absolute atomic E-state index is 0.0222. The van der Waals surface area contributed by atoms with E-state index in [-0.39, 0.29) is 23.8 Å². The van der Waals surface area contributed by atoms with Crippen LogP contribution in [-0.4, -0.2) is 24.1 Å². The van der Waals surface area contributed by atoms with Gasteiger partial charge in [0, 0.05) is 23.9 Å². The molecule has 0 saturated carbocycles. The van der Waals surface area contributed by atoms with Gasteiger partial charge in [-0.25, -0.2) is 4.79 Å². The maximum absolute atomic E-state index is 13.1. The van der Waals surface area contributed by atoms with Crippen molar-refractivity contribution in [2.75, 3.05) is 12.4 Å². The maximum atomic E-state index is 13.1. The Morgan fingerprint density at radius 2 is 1.83 bits per heavy atom. The highest BCUT2D eigenvalue weighted by Gasteiger charge is 2.25. The second-order valence-corrected chi connectivity index (χ2v) is 10.1. The van der Waals surface area contributed by atoms with Crippen molar-refractivity contribution >= 4 is 17.7 Å². The Morgan fingerprint density at radius 1 is 1.03 bits per heavy atom. The van der Waals surface area contributed by atoms with E-state index in [4.69, 9.17) is 4.74 Å². The molecule has 7 heteroatoms. The molecule has 0 saturated heterocycles. The summed E-state index contributed by atoms with van der Waals surface area (Å²) in [6, 6.07) is 17.7. The average Bonchev–Trinajstić information content (AvgIpc) is 2.86. The molecule has 0 aliphatic heterocycles. The van der Waals surface area contributed by atoms with Crippen molar-refractivity contribution in [3.8, 4) is 11.5 Å². The van der Waals surface area contributed by atoms with Gasteiger partial charge in [0.05, 0.1) is 19.3 Å². The third-order valence-corrected chi connectivity index (χ3v) is 6.40. The summed E-state index contributed by atoms with van der Waals surface area (Å²) < 4.78 is 10.7. The fraction of sp³-hybridized carbons (Fsp3) is 0.345. The molecule has 1 aliphatic carbocycles. The van der Waals surface area contributed by atoms with Crippen LogP contribution in [0.25, 0.3) is 0 Å². The number of ether oxygens (including phenoxy) is 2. The number of methoxy groups -OCH3 is 1. The minimum atomic E-state index is -0.515. The minimum Gasteiger partial charge on any atom is -0.457 e. The summed E-state index contributed by atoms with van der Waals surface area (Å²) in [5.41, 5.74) is 5.08. The molecule has 36 heavy (non-hydrogen) atoms. The number of nitrogens with one attached hydrogen (secondary N) is 2. The van der Waals surface area contributed by atoms with Gasteiger partial charge in [0.15, 0.2) is 0 Å². The van der Waals surface area contributed by atoms with Gasteiger partial charge >= 0.3 is 6.09 Å². The van der Waals surface area contributed by atoms with Gasteiger partial charge in [-0.05, 0) is 71.7 Å². The normalized spacial score (nSPS) is 14.9. The largest absolute Gasteiger partial charge is 0.457 e. The van der Waals surface area contributed by atoms with Crippen molar-refractivity contribution in [3.63, 3.8) is 0 Å². The zero-order valence-corrected chi connectivity index (χ0v) is 21.3. The van der Waals surface area contributed by atoms with Crippen molar-refractivity contribution in [3.05, 3.63) is 83.2 Å². The quantitative estimate of drug-likeness (QED) is 0.461. The van der Waals surface area contributed by atoms with Crippen molar-refractivity contribution < 1.29 is 19.1 Å². The number of fused-ring (bicyclic) bond motifs is 1. The lowest BCUT2D eigenvalue weighted by molar-refractivity contribution is -0.120. The molecule has 0 fully saturated rings. The number of pyridine rings is 1. The summed E-state index contributed by atoms with van der Waals surface area (Å²) >= 11 is 0. The van der Waals surface area contributed by atoms with E-state index in [1.807, 2.05) is 24.3 Å². The van der Waals surface area contributed by atoms with Crippen molar-refractivity contribution in [2.24, 2.45) is 5.92 Å². The molecule has 2 N–H and O–H groups in total. The Bertz CT molecular complexity index is 1250. The second-order valence-electron chi connectivity index (χ2n) is 10.1. The molecular weight excluding hydrogens is 454 g/mol. The van der Waals surface area contributed by atoms with Crippen LogP contribution in [0.15, 0.2) is 60.8 Å². The Balaban J connectivity index is 1.41. The average molecular weight is 488 g/mol. The Hall–Kier alpha value is -3.87. The van der Waals surface area contributed by atoms with Crippen LogP contribution in [-0.2, 0) is 34.3 Å². The lowest BCUT2D eigenvalue weighted by Gasteiger charge is -2.25. The first-order valence-electron chi connectivity index (χ1n) is 12.2. The van der Waals surface area contributed by atoms with Crippen LogP contribution in [0.3, 0.4) is 0 Å². The Labute approximate surface area is 212 Å². The monoisotopic (exact) mass is 487 g/mol. The van der Waals surface area contributed by atoms with Gasteiger partial charge in [0.25, 0.3) is 0 Å². The summed E-state index contributed by atoms with van der Waals surface area (Å²) in [4.78, 5) is 28.6. The van der Waals surface area contributed by atoms with Crippen LogP contribution in [0.4, 0.5) is 10.5 Å². The van der Waals surface area contributed by atoms with E-state index in [1.165, 1.54) is 18.2 Å². The van der Waals surface area contributed by atoms with E-state index in [0.29, 0.717) is 23.6 Å².